The van der Waals surface area contributed by atoms with Gasteiger partial charge >= 0.3 is 5.97 Å². The van der Waals surface area contributed by atoms with E-state index in [-0.39, 0.29) is 11.7 Å². The lowest BCUT2D eigenvalue weighted by molar-refractivity contribution is 0.0690. The van der Waals surface area contributed by atoms with Crippen molar-refractivity contribution in [2.45, 2.75) is 19.5 Å². The summed E-state index contributed by atoms with van der Waals surface area (Å²) in [5.74, 6) is -1.04. The molecule has 3 rings (SSSR count). The van der Waals surface area contributed by atoms with E-state index in [2.05, 4.69) is 56.3 Å². The van der Waals surface area contributed by atoms with Crippen LogP contribution < -0.4 is 0 Å². The molecule has 0 unspecified atom stereocenters. The molecule has 0 bridgehead atoms. The van der Waals surface area contributed by atoms with E-state index in [1.165, 1.54) is 17.3 Å². The zero-order valence-corrected chi connectivity index (χ0v) is 13.1. The Morgan fingerprint density at radius 2 is 2.24 bits per heavy atom. The number of aromatic nitrogens is 3. The average molecular weight is 351 g/mol. The summed E-state index contributed by atoms with van der Waals surface area (Å²) < 4.78 is 2.77. The van der Waals surface area contributed by atoms with E-state index in [0.717, 1.165) is 24.1 Å². The van der Waals surface area contributed by atoms with Crippen LogP contribution in [0, 0.1) is 6.92 Å². The van der Waals surface area contributed by atoms with E-state index in [0.29, 0.717) is 0 Å². The molecule has 21 heavy (non-hydrogen) atoms. The Morgan fingerprint density at radius 1 is 1.48 bits per heavy atom. The molecule has 0 atom stereocenters. The first-order valence-corrected chi connectivity index (χ1v) is 7.45. The van der Waals surface area contributed by atoms with Crippen LogP contribution in [0.15, 0.2) is 28.9 Å². The number of aromatic carboxylic acids is 1. The number of hydrogen-bond donors (Lipinski definition) is 1. The minimum absolute atomic E-state index is 0.00279. The van der Waals surface area contributed by atoms with Gasteiger partial charge < -0.3 is 5.11 Å². The van der Waals surface area contributed by atoms with Gasteiger partial charge in [0.1, 0.15) is 0 Å². The van der Waals surface area contributed by atoms with Crippen molar-refractivity contribution in [2.75, 3.05) is 13.1 Å². The Bertz CT molecular complexity index is 679. The summed E-state index contributed by atoms with van der Waals surface area (Å²) in [5.41, 5.74) is 2.50. The first-order chi connectivity index (χ1) is 10.0. The highest BCUT2D eigenvalue weighted by atomic mass is 79.9. The lowest BCUT2D eigenvalue weighted by Crippen LogP contribution is -2.47. The van der Waals surface area contributed by atoms with Crippen LogP contribution in [0.2, 0.25) is 0 Å². The number of carboxylic acid groups (broad SMARTS) is 1. The van der Waals surface area contributed by atoms with Gasteiger partial charge in [-0.2, -0.15) is 0 Å². The quantitative estimate of drug-likeness (QED) is 0.914. The van der Waals surface area contributed by atoms with Gasteiger partial charge in [0.05, 0.1) is 12.2 Å². The summed E-state index contributed by atoms with van der Waals surface area (Å²) in [5, 5.41) is 16.4. The number of benzene rings is 1. The van der Waals surface area contributed by atoms with Crippen LogP contribution in [0.4, 0.5) is 0 Å². The molecule has 1 saturated heterocycles. The minimum Gasteiger partial charge on any atom is -0.476 e. The van der Waals surface area contributed by atoms with E-state index in [4.69, 9.17) is 5.11 Å². The molecule has 2 heterocycles. The summed E-state index contributed by atoms with van der Waals surface area (Å²) in [6.45, 7) is 4.69. The monoisotopic (exact) mass is 350 g/mol. The van der Waals surface area contributed by atoms with Crippen molar-refractivity contribution in [3.05, 3.63) is 45.7 Å². The number of carboxylic acids is 1. The van der Waals surface area contributed by atoms with Gasteiger partial charge in [-0.25, -0.2) is 9.48 Å². The largest absolute Gasteiger partial charge is 0.476 e. The Morgan fingerprint density at radius 3 is 2.86 bits per heavy atom. The standard InChI is InChI=1S/C14H15BrN4O2/c1-9-4-10(2-3-12(9)15)5-18-6-11(7-18)19-8-13(14(20)21)16-17-19/h2-4,8,11H,5-7H2,1H3,(H,20,21). The minimum atomic E-state index is -1.04. The van der Waals surface area contributed by atoms with E-state index in [9.17, 15) is 4.79 Å². The molecule has 1 aromatic heterocycles. The van der Waals surface area contributed by atoms with Crippen LogP contribution in [0.5, 0.6) is 0 Å². The zero-order chi connectivity index (χ0) is 15.0. The molecule has 1 aromatic carbocycles. The lowest BCUT2D eigenvalue weighted by atomic mass is 10.1. The Hall–Kier alpha value is -1.73. The van der Waals surface area contributed by atoms with E-state index in [1.54, 1.807) is 4.68 Å². The van der Waals surface area contributed by atoms with Crippen LogP contribution >= 0.6 is 15.9 Å². The van der Waals surface area contributed by atoms with Crippen LogP contribution in [0.25, 0.3) is 0 Å². The molecule has 2 aromatic rings. The van der Waals surface area contributed by atoms with Gasteiger partial charge in [-0.1, -0.05) is 33.3 Å². The van der Waals surface area contributed by atoms with Crippen LogP contribution in [-0.2, 0) is 6.54 Å². The van der Waals surface area contributed by atoms with Gasteiger partial charge in [0, 0.05) is 24.1 Å². The molecule has 0 radical (unpaired) electrons. The van der Waals surface area contributed by atoms with Crippen LogP contribution in [0.3, 0.4) is 0 Å². The highest BCUT2D eigenvalue weighted by Crippen LogP contribution is 2.24. The average Bonchev–Trinajstić information content (AvgIpc) is 2.87. The topological polar surface area (TPSA) is 71.2 Å². The van der Waals surface area contributed by atoms with E-state index < -0.39 is 5.97 Å². The molecular formula is C14H15BrN4O2. The predicted octanol–water partition coefficient (Wildman–Crippen LogP) is 2.10. The smallest absolute Gasteiger partial charge is 0.358 e. The summed E-state index contributed by atoms with van der Waals surface area (Å²) in [6.07, 6.45) is 1.49. The maximum atomic E-state index is 10.8. The van der Waals surface area contributed by atoms with Crippen molar-refractivity contribution < 1.29 is 9.90 Å². The number of carbonyl (C=O) groups is 1. The van der Waals surface area contributed by atoms with Crippen molar-refractivity contribution in [3.8, 4) is 0 Å². The highest BCUT2D eigenvalue weighted by Gasteiger charge is 2.29. The third-order valence-electron chi connectivity index (χ3n) is 3.67. The molecule has 110 valence electrons. The van der Waals surface area contributed by atoms with E-state index in [1.807, 2.05) is 0 Å². The van der Waals surface area contributed by atoms with E-state index >= 15 is 0 Å². The van der Waals surface area contributed by atoms with Gasteiger partial charge in [-0.15, -0.1) is 5.10 Å². The number of likely N-dealkylation sites (tertiary alicyclic amines) is 1. The third kappa shape index (κ3) is 2.98. The molecule has 0 amide bonds. The third-order valence-corrected chi connectivity index (χ3v) is 4.56. The van der Waals surface area contributed by atoms with Gasteiger partial charge in [0.25, 0.3) is 0 Å². The van der Waals surface area contributed by atoms with Crippen LogP contribution in [-0.4, -0.2) is 44.1 Å². The maximum Gasteiger partial charge on any atom is 0.358 e. The molecule has 1 fully saturated rings. The lowest BCUT2D eigenvalue weighted by Gasteiger charge is -2.38. The Labute approximate surface area is 130 Å². The molecule has 0 spiro atoms. The SMILES string of the molecule is Cc1cc(CN2CC(n3cc(C(=O)O)nn3)C2)ccc1Br. The second-order valence-electron chi connectivity index (χ2n) is 5.32. The number of halogens is 1. The molecule has 1 aliphatic rings. The van der Waals surface area contributed by atoms with Crippen molar-refractivity contribution >= 4 is 21.9 Å². The van der Waals surface area contributed by atoms with Crippen molar-refractivity contribution in [1.82, 2.24) is 19.9 Å². The number of hydrogen-bond acceptors (Lipinski definition) is 4. The Balaban J connectivity index is 1.57. The molecule has 1 N–H and O–H groups in total. The fraction of sp³-hybridized carbons (Fsp3) is 0.357. The van der Waals surface area contributed by atoms with Crippen molar-refractivity contribution in [2.24, 2.45) is 0 Å². The number of nitrogens with zero attached hydrogens (tertiary/aromatic N) is 4. The predicted molar refractivity (Wildman–Crippen MR) is 80.2 cm³/mol. The Kier molecular flexibility index (Phi) is 3.77. The maximum absolute atomic E-state index is 10.8. The van der Waals surface area contributed by atoms with Gasteiger partial charge in [0.15, 0.2) is 5.69 Å². The molecule has 1 aliphatic heterocycles. The molecule has 6 nitrogen and oxygen atoms in total. The first-order valence-electron chi connectivity index (χ1n) is 6.65. The van der Waals surface area contributed by atoms with Gasteiger partial charge in [0.2, 0.25) is 0 Å². The summed E-state index contributed by atoms with van der Waals surface area (Å²) in [6, 6.07) is 6.57. The molecular weight excluding hydrogens is 336 g/mol. The molecule has 0 saturated carbocycles. The summed E-state index contributed by atoms with van der Waals surface area (Å²) in [7, 11) is 0. The van der Waals surface area contributed by atoms with Crippen LogP contribution in [0.1, 0.15) is 27.7 Å². The summed E-state index contributed by atoms with van der Waals surface area (Å²) >= 11 is 3.50. The molecule has 7 heteroatoms. The first kappa shape index (κ1) is 14.2. The normalized spacial score (nSPS) is 15.9. The molecule has 0 aliphatic carbocycles. The van der Waals surface area contributed by atoms with Gasteiger partial charge in [-0.05, 0) is 24.1 Å². The second kappa shape index (κ2) is 5.57. The number of aryl methyl sites for hydroxylation is 1. The zero-order valence-electron chi connectivity index (χ0n) is 11.5. The van der Waals surface area contributed by atoms with Crippen molar-refractivity contribution in [1.29, 1.82) is 0 Å². The second-order valence-corrected chi connectivity index (χ2v) is 6.17. The van der Waals surface area contributed by atoms with Gasteiger partial charge in [-0.3, -0.25) is 4.90 Å². The fourth-order valence-electron chi connectivity index (χ4n) is 2.46. The highest BCUT2D eigenvalue weighted by molar-refractivity contribution is 9.10. The number of rotatable bonds is 4. The fourth-order valence-corrected chi connectivity index (χ4v) is 2.70. The summed E-state index contributed by atoms with van der Waals surface area (Å²) in [4.78, 5) is 13.1. The van der Waals surface area contributed by atoms with Crippen molar-refractivity contribution in [3.63, 3.8) is 0 Å².